The fourth-order valence-electron chi connectivity index (χ4n) is 1.37. The van der Waals surface area contributed by atoms with Crippen LogP contribution in [0.3, 0.4) is 0 Å². The Morgan fingerprint density at radius 2 is 2.12 bits per heavy atom. The third kappa shape index (κ3) is 2.36. The van der Waals surface area contributed by atoms with Crippen molar-refractivity contribution in [2.75, 3.05) is 13.2 Å². The number of aliphatic hydroxyl groups is 1. The second-order valence-electron chi connectivity index (χ2n) is 3.10. The summed E-state index contributed by atoms with van der Waals surface area (Å²) in [5.41, 5.74) is 1.06. The molecular weight excluding hydrogens is 224 g/mol. The van der Waals surface area contributed by atoms with Crippen LogP contribution in [0.25, 0.3) is 0 Å². The minimum atomic E-state index is -0.135. The minimum absolute atomic E-state index is 0.0694. The molecule has 6 heteroatoms. The summed E-state index contributed by atoms with van der Waals surface area (Å²) in [7, 11) is 4.90. The second kappa shape index (κ2) is 5.31. The number of nitrogens with zero attached hydrogens (tertiary/aromatic N) is 2. The lowest BCUT2D eigenvalue weighted by Crippen LogP contribution is -2.15. The van der Waals surface area contributed by atoms with Crippen LogP contribution < -0.4 is 4.74 Å². The Morgan fingerprint density at radius 1 is 1.29 bits per heavy atom. The van der Waals surface area contributed by atoms with E-state index in [1.54, 1.807) is 12.1 Å². The minimum Gasteiger partial charge on any atom is -0.434 e. The number of oxime groups is 2. The van der Waals surface area contributed by atoms with Crippen molar-refractivity contribution < 1.29 is 19.5 Å². The molecule has 0 atom stereocenters. The summed E-state index contributed by atoms with van der Waals surface area (Å²) in [4.78, 5) is 9.05. The second-order valence-corrected chi connectivity index (χ2v) is 3.10. The molecule has 1 heterocycles. The standard InChI is InChI=1S/C11H10N2O4/c1-15-12-10-8-4-2-3-5-9(8)17-11(10)13-16-7-6-14/h1-5,14H,6-7H2/b12-10+,13-11-. The Morgan fingerprint density at radius 3 is 2.88 bits per heavy atom. The highest BCUT2D eigenvalue weighted by Gasteiger charge is 2.28. The molecule has 2 radical (unpaired) electrons. The molecule has 6 nitrogen and oxygen atoms in total. The van der Waals surface area contributed by atoms with E-state index in [1.165, 1.54) is 0 Å². The smallest absolute Gasteiger partial charge is 0.286 e. The zero-order valence-corrected chi connectivity index (χ0v) is 8.87. The van der Waals surface area contributed by atoms with Crippen LogP contribution in [0.1, 0.15) is 5.56 Å². The van der Waals surface area contributed by atoms with Gasteiger partial charge in [0.15, 0.2) is 5.71 Å². The predicted octanol–water partition coefficient (Wildman–Crippen LogP) is 0.791. The average Bonchev–Trinajstić information content (AvgIpc) is 2.69. The van der Waals surface area contributed by atoms with E-state index in [-0.39, 0.29) is 19.1 Å². The number of rotatable bonds is 4. The van der Waals surface area contributed by atoms with E-state index >= 15 is 0 Å². The van der Waals surface area contributed by atoms with Gasteiger partial charge in [0.25, 0.3) is 5.90 Å². The Balaban J connectivity index is 2.27. The predicted molar refractivity (Wildman–Crippen MR) is 59.5 cm³/mol. The maximum atomic E-state index is 8.57. The summed E-state index contributed by atoms with van der Waals surface area (Å²) in [6, 6.07) is 7.20. The van der Waals surface area contributed by atoms with Gasteiger partial charge in [-0.1, -0.05) is 17.3 Å². The average molecular weight is 234 g/mol. The zero-order chi connectivity index (χ0) is 12.1. The quantitative estimate of drug-likeness (QED) is 0.617. The zero-order valence-electron chi connectivity index (χ0n) is 8.87. The fourth-order valence-corrected chi connectivity index (χ4v) is 1.37. The van der Waals surface area contributed by atoms with Gasteiger partial charge in [-0.05, 0) is 17.3 Å². The van der Waals surface area contributed by atoms with Gasteiger partial charge in [0.2, 0.25) is 7.11 Å². The summed E-state index contributed by atoms with van der Waals surface area (Å²) >= 11 is 0. The molecule has 0 aliphatic carbocycles. The van der Waals surface area contributed by atoms with Crippen LogP contribution >= 0.6 is 0 Å². The number of hydrogen-bond acceptors (Lipinski definition) is 6. The molecule has 88 valence electrons. The molecule has 0 amide bonds. The third-order valence-electron chi connectivity index (χ3n) is 2.03. The Kier molecular flexibility index (Phi) is 3.56. The van der Waals surface area contributed by atoms with Gasteiger partial charge in [0, 0.05) is 0 Å². The summed E-state index contributed by atoms with van der Waals surface area (Å²) in [6.45, 7) is -0.0659. The molecule has 1 aliphatic rings. The van der Waals surface area contributed by atoms with Gasteiger partial charge in [-0.15, -0.1) is 0 Å². The van der Waals surface area contributed by atoms with Crippen LogP contribution in [-0.4, -0.2) is 29.9 Å². The molecule has 0 saturated carbocycles. The molecule has 17 heavy (non-hydrogen) atoms. The van der Waals surface area contributed by atoms with Gasteiger partial charge in [-0.25, -0.2) is 0 Å². The van der Waals surface area contributed by atoms with Crippen LogP contribution in [0.15, 0.2) is 34.6 Å². The van der Waals surface area contributed by atoms with Crippen molar-refractivity contribution in [1.29, 1.82) is 0 Å². The normalized spacial score (nSPS) is 18.0. The van der Waals surface area contributed by atoms with Gasteiger partial charge >= 0.3 is 0 Å². The Hall–Kier alpha value is -2.08. The summed E-state index contributed by atoms with van der Waals surface area (Å²) in [6.07, 6.45) is 0. The largest absolute Gasteiger partial charge is 0.434 e. The number of hydrogen-bond donors (Lipinski definition) is 1. The monoisotopic (exact) mass is 234 g/mol. The van der Waals surface area contributed by atoms with Gasteiger partial charge in [0.1, 0.15) is 12.4 Å². The van der Waals surface area contributed by atoms with E-state index in [0.29, 0.717) is 17.0 Å². The molecule has 0 bridgehead atoms. The molecule has 0 saturated heterocycles. The first-order chi connectivity index (χ1) is 8.36. The van der Waals surface area contributed by atoms with E-state index in [1.807, 2.05) is 12.1 Å². The maximum absolute atomic E-state index is 8.57. The highest BCUT2D eigenvalue weighted by molar-refractivity contribution is 6.48. The van der Waals surface area contributed by atoms with Crippen LogP contribution in [-0.2, 0) is 9.68 Å². The van der Waals surface area contributed by atoms with Crippen molar-refractivity contribution in [2.24, 2.45) is 10.3 Å². The molecule has 1 N–H and O–H groups in total. The van der Waals surface area contributed by atoms with Crippen LogP contribution in [0.5, 0.6) is 5.75 Å². The summed E-state index contributed by atoms with van der Waals surface area (Å²) in [5.74, 6) is 0.736. The van der Waals surface area contributed by atoms with Crippen molar-refractivity contribution in [1.82, 2.24) is 0 Å². The van der Waals surface area contributed by atoms with Crippen LogP contribution in [0.2, 0.25) is 0 Å². The lowest BCUT2D eigenvalue weighted by molar-refractivity contribution is 0.0960. The van der Waals surface area contributed by atoms with E-state index in [4.69, 9.17) is 21.8 Å². The van der Waals surface area contributed by atoms with E-state index in [9.17, 15) is 0 Å². The van der Waals surface area contributed by atoms with Crippen molar-refractivity contribution in [3.8, 4) is 5.75 Å². The van der Waals surface area contributed by atoms with Crippen molar-refractivity contribution in [2.45, 2.75) is 0 Å². The van der Waals surface area contributed by atoms with Gasteiger partial charge in [-0.2, -0.15) is 0 Å². The van der Waals surface area contributed by atoms with Crippen molar-refractivity contribution >= 4 is 11.6 Å². The lowest BCUT2D eigenvalue weighted by Gasteiger charge is -1.98. The molecule has 0 fully saturated rings. The Bertz CT molecular complexity index is 457. The molecule has 0 aromatic heterocycles. The lowest BCUT2D eigenvalue weighted by atomic mass is 10.1. The number of benzene rings is 1. The summed E-state index contributed by atoms with van der Waals surface area (Å²) in [5, 5.41) is 15.9. The van der Waals surface area contributed by atoms with Gasteiger partial charge < -0.3 is 19.5 Å². The van der Waals surface area contributed by atoms with Crippen molar-refractivity contribution in [3.05, 3.63) is 36.9 Å². The highest BCUT2D eigenvalue weighted by Crippen LogP contribution is 2.26. The first kappa shape index (κ1) is 11.4. The molecule has 1 aromatic carbocycles. The number of ether oxygens (including phenoxy) is 1. The molecule has 1 aliphatic heterocycles. The summed E-state index contributed by atoms with van der Waals surface area (Å²) < 4.78 is 5.40. The van der Waals surface area contributed by atoms with Gasteiger partial charge in [0.05, 0.1) is 12.2 Å². The number of para-hydroxylation sites is 1. The van der Waals surface area contributed by atoms with Crippen LogP contribution in [0.4, 0.5) is 0 Å². The Labute approximate surface area is 98.1 Å². The molecular formula is C11H10N2O4. The SMILES string of the molecule is [CH]O/N=C1/C(=N/OCCO)Oc2ccccc21. The fraction of sp³-hybridized carbons (Fsp3) is 0.182. The maximum Gasteiger partial charge on any atom is 0.286 e. The van der Waals surface area contributed by atoms with E-state index in [0.717, 1.165) is 0 Å². The molecule has 1 aromatic rings. The molecule has 0 spiro atoms. The van der Waals surface area contributed by atoms with Gasteiger partial charge in [-0.3, -0.25) is 0 Å². The first-order valence-corrected chi connectivity index (χ1v) is 4.89. The first-order valence-electron chi connectivity index (χ1n) is 4.89. The van der Waals surface area contributed by atoms with E-state index < -0.39 is 0 Å². The van der Waals surface area contributed by atoms with E-state index in [2.05, 4.69) is 15.1 Å². The topological polar surface area (TPSA) is 72.6 Å². The highest BCUT2D eigenvalue weighted by atomic mass is 16.7. The number of fused-ring (bicyclic) bond motifs is 1. The molecule has 2 rings (SSSR count). The molecule has 0 unspecified atom stereocenters. The number of aliphatic hydroxyl groups excluding tert-OH is 1. The van der Waals surface area contributed by atoms with Crippen molar-refractivity contribution in [3.63, 3.8) is 0 Å². The third-order valence-corrected chi connectivity index (χ3v) is 2.03. The van der Waals surface area contributed by atoms with Crippen LogP contribution in [0, 0.1) is 7.11 Å².